The van der Waals surface area contributed by atoms with Gasteiger partial charge in [0.1, 0.15) is 12.0 Å². The molecule has 1 aromatic rings. The van der Waals surface area contributed by atoms with Gasteiger partial charge in [0.05, 0.1) is 18.0 Å². The Morgan fingerprint density at radius 1 is 1.31 bits per heavy atom. The van der Waals surface area contributed by atoms with Crippen LogP contribution in [-0.4, -0.2) is 57.0 Å². The molecular weight excluding hydrogens is 365 g/mol. The monoisotopic (exact) mass is 387 g/mol. The Labute approximate surface area is 151 Å². The topological polar surface area (TPSA) is 105 Å². The summed E-state index contributed by atoms with van der Waals surface area (Å²) in [5.41, 5.74) is 0.278. The third kappa shape index (κ3) is 4.57. The molecule has 1 heterocycles. The smallest absolute Gasteiger partial charge is 0.309 e. The lowest BCUT2D eigenvalue weighted by atomic mass is 10.2. The van der Waals surface area contributed by atoms with Crippen molar-refractivity contribution >= 4 is 21.8 Å². The first-order valence-corrected chi connectivity index (χ1v) is 9.67. The molecule has 1 aliphatic rings. The number of hydrogen-bond donors (Lipinski definition) is 2. The fraction of sp³-hybridized carbons (Fsp3) is 0.500. The van der Waals surface area contributed by atoms with Gasteiger partial charge in [-0.3, -0.25) is 9.59 Å². The fourth-order valence-electron chi connectivity index (χ4n) is 2.63. The van der Waals surface area contributed by atoms with Gasteiger partial charge >= 0.3 is 11.8 Å². The second-order valence-electron chi connectivity index (χ2n) is 5.77. The van der Waals surface area contributed by atoms with Gasteiger partial charge < -0.3 is 15.4 Å². The van der Waals surface area contributed by atoms with E-state index in [4.69, 9.17) is 4.74 Å². The number of ether oxygens (including phenoxy) is 1. The maximum atomic E-state index is 13.3. The van der Waals surface area contributed by atoms with Crippen molar-refractivity contribution in [3.05, 3.63) is 29.6 Å². The Balaban J connectivity index is 2.17. The van der Waals surface area contributed by atoms with Crippen LogP contribution in [0.15, 0.2) is 23.1 Å². The van der Waals surface area contributed by atoms with E-state index in [1.165, 1.54) is 13.0 Å². The maximum absolute atomic E-state index is 13.3. The maximum Gasteiger partial charge on any atom is 0.309 e. The van der Waals surface area contributed by atoms with Gasteiger partial charge in [-0.05, 0) is 44.0 Å². The van der Waals surface area contributed by atoms with Crippen molar-refractivity contribution in [3.8, 4) is 0 Å². The number of hydrogen-bond acceptors (Lipinski definition) is 5. The molecule has 1 aromatic carbocycles. The number of nitrogens with one attached hydrogen (secondary N) is 2. The fourth-order valence-corrected chi connectivity index (χ4v) is 4.41. The lowest BCUT2D eigenvalue weighted by molar-refractivity contribution is -0.140. The van der Waals surface area contributed by atoms with Gasteiger partial charge in [0.15, 0.2) is 0 Å². The van der Waals surface area contributed by atoms with Crippen molar-refractivity contribution in [2.75, 3.05) is 26.2 Å². The van der Waals surface area contributed by atoms with Gasteiger partial charge in [0.2, 0.25) is 10.0 Å². The molecule has 2 rings (SSSR count). The summed E-state index contributed by atoms with van der Waals surface area (Å²) >= 11 is 0. The lowest BCUT2D eigenvalue weighted by Crippen LogP contribution is -2.53. The van der Waals surface area contributed by atoms with Crippen LogP contribution in [-0.2, 0) is 24.3 Å². The van der Waals surface area contributed by atoms with E-state index in [0.717, 1.165) is 16.4 Å². The van der Waals surface area contributed by atoms with Crippen LogP contribution in [0.25, 0.3) is 0 Å². The standard InChI is InChI=1S/C16H22FN3O5S/c1-3-18-15(21)16(22)19-10-14-20(7-4-8-25-14)26(23,24)13-6-5-12(17)9-11(13)2/h5-6,9,14H,3-4,7-8,10H2,1-2H3,(H,18,21)(H,19,22)/t14-/m1/s1. The molecule has 2 N–H and O–H groups in total. The van der Waals surface area contributed by atoms with Crippen LogP contribution >= 0.6 is 0 Å². The molecule has 0 saturated carbocycles. The molecule has 0 aromatic heterocycles. The van der Waals surface area contributed by atoms with Crippen LogP contribution in [0.2, 0.25) is 0 Å². The zero-order chi connectivity index (χ0) is 19.3. The third-order valence-corrected chi connectivity index (χ3v) is 5.91. The molecule has 0 unspecified atom stereocenters. The summed E-state index contributed by atoms with van der Waals surface area (Å²) < 4.78 is 45.8. The van der Waals surface area contributed by atoms with Gasteiger partial charge in [0.25, 0.3) is 0 Å². The van der Waals surface area contributed by atoms with E-state index in [1.807, 2.05) is 0 Å². The van der Waals surface area contributed by atoms with Gasteiger partial charge in [0, 0.05) is 13.1 Å². The highest BCUT2D eigenvalue weighted by atomic mass is 32.2. The molecule has 0 radical (unpaired) electrons. The number of carbonyl (C=O) groups is 2. The number of rotatable bonds is 5. The highest BCUT2D eigenvalue weighted by Gasteiger charge is 2.35. The number of amides is 2. The van der Waals surface area contributed by atoms with Gasteiger partial charge in [-0.25, -0.2) is 12.8 Å². The van der Waals surface area contributed by atoms with E-state index >= 15 is 0 Å². The average Bonchev–Trinajstić information content (AvgIpc) is 2.59. The Bertz CT molecular complexity index is 784. The molecular formula is C16H22FN3O5S. The quantitative estimate of drug-likeness (QED) is 0.699. The predicted octanol–water partition coefficient (Wildman–Crippen LogP) is 0.124. The summed E-state index contributed by atoms with van der Waals surface area (Å²) in [5, 5.41) is 4.73. The highest BCUT2D eigenvalue weighted by molar-refractivity contribution is 7.89. The van der Waals surface area contributed by atoms with Crippen molar-refractivity contribution in [3.63, 3.8) is 0 Å². The molecule has 1 atom stereocenters. The van der Waals surface area contributed by atoms with Crippen LogP contribution in [0.4, 0.5) is 4.39 Å². The van der Waals surface area contributed by atoms with Crippen molar-refractivity contribution < 1.29 is 27.1 Å². The zero-order valence-corrected chi connectivity index (χ0v) is 15.4. The van der Waals surface area contributed by atoms with Gasteiger partial charge in [-0.1, -0.05) is 0 Å². The van der Waals surface area contributed by atoms with Gasteiger partial charge in [-0.2, -0.15) is 4.31 Å². The minimum Gasteiger partial charge on any atom is -0.360 e. The summed E-state index contributed by atoms with van der Waals surface area (Å²) in [6.45, 7) is 3.84. The van der Waals surface area contributed by atoms with Crippen LogP contribution in [0.3, 0.4) is 0 Å². The molecule has 1 saturated heterocycles. The largest absolute Gasteiger partial charge is 0.360 e. The van der Waals surface area contributed by atoms with Crippen molar-refractivity contribution in [1.82, 2.24) is 14.9 Å². The van der Waals surface area contributed by atoms with Crippen LogP contribution in [0.1, 0.15) is 18.9 Å². The molecule has 26 heavy (non-hydrogen) atoms. The lowest BCUT2D eigenvalue weighted by Gasteiger charge is -2.34. The van der Waals surface area contributed by atoms with E-state index in [0.29, 0.717) is 19.6 Å². The molecule has 1 fully saturated rings. The Kier molecular flexibility index (Phi) is 6.68. The summed E-state index contributed by atoms with van der Waals surface area (Å²) in [5.74, 6) is -2.19. The first kappa shape index (κ1) is 20.3. The van der Waals surface area contributed by atoms with E-state index in [2.05, 4.69) is 10.6 Å². The minimum atomic E-state index is -3.95. The molecule has 1 aliphatic heterocycles. The number of benzene rings is 1. The highest BCUT2D eigenvalue weighted by Crippen LogP contribution is 2.25. The normalized spacial score (nSPS) is 18.3. The summed E-state index contributed by atoms with van der Waals surface area (Å²) in [6, 6.07) is 3.43. The van der Waals surface area contributed by atoms with E-state index in [1.54, 1.807) is 6.92 Å². The van der Waals surface area contributed by atoms with Gasteiger partial charge in [-0.15, -0.1) is 0 Å². The number of nitrogens with zero attached hydrogens (tertiary/aromatic N) is 1. The Hall–Kier alpha value is -2.04. The van der Waals surface area contributed by atoms with Crippen LogP contribution < -0.4 is 10.6 Å². The summed E-state index contributed by atoms with van der Waals surface area (Å²) in [7, 11) is -3.95. The number of likely N-dealkylation sites (N-methyl/N-ethyl adjacent to an activating group) is 1. The molecule has 0 bridgehead atoms. The average molecular weight is 387 g/mol. The van der Waals surface area contributed by atoms with Crippen LogP contribution in [0, 0.1) is 12.7 Å². The Morgan fingerprint density at radius 2 is 2.00 bits per heavy atom. The molecule has 10 heteroatoms. The predicted molar refractivity (Wildman–Crippen MR) is 91.1 cm³/mol. The molecule has 0 aliphatic carbocycles. The van der Waals surface area contributed by atoms with Crippen molar-refractivity contribution in [2.45, 2.75) is 31.4 Å². The minimum absolute atomic E-state index is 0.0237. The van der Waals surface area contributed by atoms with E-state index in [-0.39, 0.29) is 23.5 Å². The second kappa shape index (κ2) is 8.56. The number of halogens is 1. The van der Waals surface area contributed by atoms with E-state index in [9.17, 15) is 22.4 Å². The van der Waals surface area contributed by atoms with Crippen LogP contribution in [0.5, 0.6) is 0 Å². The summed E-state index contributed by atoms with van der Waals surface area (Å²) in [4.78, 5) is 23.1. The van der Waals surface area contributed by atoms with Crippen molar-refractivity contribution in [2.24, 2.45) is 0 Å². The molecule has 8 nitrogen and oxygen atoms in total. The first-order chi connectivity index (χ1) is 12.3. The molecule has 0 spiro atoms. The SMILES string of the molecule is CCNC(=O)C(=O)NC[C@H]1OCCCN1S(=O)(=O)c1ccc(F)cc1C. The Morgan fingerprint density at radius 3 is 2.65 bits per heavy atom. The molecule has 144 valence electrons. The van der Waals surface area contributed by atoms with E-state index < -0.39 is 33.9 Å². The zero-order valence-electron chi connectivity index (χ0n) is 14.6. The molecule has 2 amide bonds. The third-order valence-electron chi connectivity index (χ3n) is 3.86. The van der Waals surface area contributed by atoms with Crippen molar-refractivity contribution in [1.29, 1.82) is 0 Å². The first-order valence-electron chi connectivity index (χ1n) is 8.23. The number of sulfonamides is 1. The second-order valence-corrected chi connectivity index (χ2v) is 7.63. The number of carbonyl (C=O) groups excluding carboxylic acids is 2. The number of aryl methyl sites for hydroxylation is 1. The summed E-state index contributed by atoms with van der Waals surface area (Å²) in [6.07, 6.45) is -0.461.